The molecule has 0 unspecified atom stereocenters. The summed E-state index contributed by atoms with van der Waals surface area (Å²) >= 11 is 7.30. The Morgan fingerprint density at radius 2 is 2.33 bits per heavy atom. The first-order chi connectivity index (χ1) is 10.1. The minimum atomic E-state index is -0.322. The number of hydrogen-bond acceptors (Lipinski definition) is 5. The fraction of sp³-hybridized carbons (Fsp3) is 0.154. The van der Waals surface area contributed by atoms with Crippen LogP contribution in [0, 0.1) is 0 Å². The van der Waals surface area contributed by atoms with Crippen molar-refractivity contribution in [3.8, 4) is 0 Å². The molecule has 3 N–H and O–H groups in total. The van der Waals surface area contributed by atoms with E-state index in [0.717, 1.165) is 10.2 Å². The summed E-state index contributed by atoms with van der Waals surface area (Å²) in [6, 6.07) is 5.39. The van der Waals surface area contributed by atoms with Crippen LogP contribution in [-0.2, 0) is 6.54 Å². The van der Waals surface area contributed by atoms with Crippen molar-refractivity contribution in [1.82, 2.24) is 14.8 Å². The standard InChI is InChI=1S/C13H12ClN5OS/c1-2-19-11(8(15)6-16-19)12(20)18-13-17-9-4-3-7(14)5-10(9)21-13/h3-6H,2,15H2,1H3,(H,17,18,20). The van der Waals surface area contributed by atoms with Gasteiger partial charge in [-0.3, -0.25) is 14.8 Å². The molecule has 0 aliphatic rings. The molecule has 0 spiro atoms. The largest absolute Gasteiger partial charge is 0.396 e. The van der Waals surface area contributed by atoms with Crippen molar-refractivity contribution in [2.24, 2.45) is 0 Å². The zero-order chi connectivity index (χ0) is 15.0. The number of nitrogen functional groups attached to an aromatic ring is 1. The van der Waals surface area contributed by atoms with Crippen LogP contribution in [0.2, 0.25) is 5.02 Å². The molecule has 3 aromatic rings. The maximum absolute atomic E-state index is 12.3. The van der Waals surface area contributed by atoms with Crippen LogP contribution in [0.1, 0.15) is 17.4 Å². The van der Waals surface area contributed by atoms with E-state index in [0.29, 0.717) is 28.1 Å². The van der Waals surface area contributed by atoms with E-state index in [1.54, 1.807) is 10.7 Å². The Labute approximate surface area is 129 Å². The number of nitrogens with one attached hydrogen (secondary N) is 1. The van der Waals surface area contributed by atoms with Gasteiger partial charge in [-0.2, -0.15) is 5.10 Å². The topological polar surface area (TPSA) is 85.8 Å². The monoisotopic (exact) mass is 321 g/mol. The maximum atomic E-state index is 12.3. The summed E-state index contributed by atoms with van der Waals surface area (Å²) in [5.74, 6) is -0.322. The molecule has 6 nitrogen and oxygen atoms in total. The number of nitrogens with zero attached hydrogens (tertiary/aromatic N) is 3. The molecule has 1 amide bonds. The highest BCUT2D eigenvalue weighted by atomic mass is 35.5. The second kappa shape index (κ2) is 5.34. The molecule has 108 valence electrons. The fourth-order valence-electron chi connectivity index (χ4n) is 2.00. The average Bonchev–Trinajstić information content (AvgIpc) is 3.00. The molecule has 0 radical (unpaired) electrons. The van der Waals surface area contributed by atoms with Gasteiger partial charge in [0.1, 0.15) is 5.69 Å². The van der Waals surface area contributed by atoms with Crippen LogP contribution in [0.4, 0.5) is 10.8 Å². The normalized spacial score (nSPS) is 11.0. The lowest BCUT2D eigenvalue weighted by atomic mass is 10.3. The lowest BCUT2D eigenvalue weighted by Crippen LogP contribution is -2.18. The Bertz CT molecular complexity index is 825. The molecule has 2 heterocycles. The summed E-state index contributed by atoms with van der Waals surface area (Å²) in [5.41, 5.74) is 7.26. The van der Waals surface area contributed by atoms with Gasteiger partial charge in [-0.25, -0.2) is 4.98 Å². The van der Waals surface area contributed by atoms with Gasteiger partial charge < -0.3 is 5.73 Å². The Morgan fingerprint density at radius 1 is 1.52 bits per heavy atom. The van der Waals surface area contributed by atoms with Gasteiger partial charge >= 0.3 is 0 Å². The molecule has 8 heteroatoms. The molecule has 0 aliphatic heterocycles. The third kappa shape index (κ3) is 2.57. The predicted molar refractivity (Wildman–Crippen MR) is 84.9 cm³/mol. The van der Waals surface area contributed by atoms with Gasteiger partial charge in [0.15, 0.2) is 5.13 Å². The van der Waals surface area contributed by atoms with E-state index in [1.165, 1.54) is 17.5 Å². The first-order valence-corrected chi connectivity index (χ1v) is 7.46. The molecular weight excluding hydrogens is 310 g/mol. The van der Waals surface area contributed by atoms with Crippen molar-refractivity contribution in [3.63, 3.8) is 0 Å². The molecule has 2 aromatic heterocycles. The van der Waals surface area contributed by atoms with Crippen molar-refractivity contribution >= 4 is 49.9 Å². The Kier molecular flexibility index (Phi) is 3.52. The van der Waals surface area contributed by atoms with Gasteiger partial charge in [-0.1, -0.05) is 22.9 Å². The van der Waals surface area contributed by atoms with Gasteiger partial charge in [0.25, 0.3) is 5.91 Å². The number of carbonyl (C=O) groups is 1. The highest BCUT2D eigenvalue weighted by Crippen LogP contribution is 2.28. The molecule has 3 rings (SSSR count). The fourth-order valence-corrected chi connectivity index (χ4v) is 3.13. The molecule has 0 bridgehead atoms. The summed E-state index contributed by atoms with van der Waals surface area (Å²) in [6.07, 6.45) is 1.47. The van der Waals surface area contributed by atoms with Crippen LogP contribution < -0.4 is 11.1 Å². The lowest BCUT2D eigenvalue weighted by Gasteiger charge is -2.05. The van der Waals surface area contributed by atoms with Gasteiger partial charge in [-0.05, 0) is 25.1 Å². The van der Waals surface area contributed by atoms with E-state index in [1.807, 2.05) is 19.1 Å². The van der Waals surface area contributed by atoms with Crippen molar-refractivity contribution in [2.45, 2.75) is 13.5 Å². The minimum Gasteiger partial charge on any atom is -0.396 e. The number of aromatic nitrogens is 3. The number of anilines is 2. The molecule has 0 saturated carbocycles. The molecule has 0 aliphatic carbocycles. The predicted octanol–water partition coefficient (Wildman–Crippen LogP) is 3.00. The smallest absolute Gasteiger partial charge is 0.277 e. The number of aryl methyl sites for hydroxylation is 1. The van der Waals surface area contributed by atoms with Gasteiger partial charge in [0.05, 0.1) is 22.1 Å². The molecule has 0 atom stereocenters. The van der Waals surface area contributed by atoms with Crippen LogP contribution in [0.5, 0.6) is 0 Å². The van der Waals surface area contributed by atoms with Crippen LogP contribution in [0.15, 0.2) is 24.4 Å². The Balaban J connectivity index is 1.90. The third-order valence-corrected chi connectivity index (χ3v) is 4.12. The molecule has 21 heavy (non-hydrogen) atoms. The molecule has 0 fully saturated rings. The van der Waals surface area contributed by atoms with E-state index in [-0.39, 0.29) is 5.91 Å². The molecule has 0 saturated heterocycles. The summed E-state index contributed by atoms with van der Waals surface area (Å²) < 4.78 is 2.46. The number of benzene rings is 1. The number of fused-ring (bicyclic) bond motifs is 1. The first-order valence-electron chi connectivity index (χ1n) is 6.27. The number of nitrogens with two attached hydrogens (primary N) is 1. The van der Waals surface area contributed by atoms with Crippen molar-refractivity contribution in [3.05, 3.63) is 35.1 Å². The number of halogens is 1. The highest BCUT2D eigenvalue weighted by Gasteiger charge is 2.17. The second-order valence-electron chi connectivity index (χ2n) is 4.35. The number of thiazole rings is 1. The summed E-state index contributed by atoms with van der Waals surface area (Å²) in [7, 11) is 0. The van der Waals surface area contributed by atoms with E-state index < -0.39 is 0 Å². The zero-order valence-electron chi connectivity index (χ0n) is 11.1. The maximum Gasteiger partial charge on any atom is 0.277 e. The summed E-state index contributed by atoms with van der Waals surface area (Å²) in [4.78, 5) is 16.7. The van der Waals surface area contributed by atoms with E-state index >= 15 is 0 Å². The second-order valence-corrected chi connectivity index (χ2v) is 5.82. The Morgan fingerprint density at radius 3 is 3.10 bits per heavy atom. The minimum absolute atomic E-state index is 0.322. The molecular formula is C13H12ClN5OS. The zero-order valence-corrected chi connectivity index (χ0v) is 12.7. The first kappa shape index (κ1) is 13.8. The van der Waals surface area contributed by atoms with Gasteiger partial charge in [-0.15, -0.1) is 0 Å². The van der Waals surface area contributed by atoms with Crippen LogP contribution in [0.3, 0.4) is 0 Å². The summed E-state index contributed by atoms with van der Waals surface area (Å²) in [5, 5.41) is 7.94. The van der Waals surface area contributed by atoms with Gasteiger partial charge in [0, 0.05) is 11.6 Å². The highest BCUT2D eigenvalue weighted by molar-refractivity contribution is 7.22. The quantitative estimate of drug-likeness (QED) is 0.776. The Hall–Kier alpha value is -2.12. The van der Waals surface area contributed by atoms with E-state index in [2.05, 4.69) is 15.4 Å². The summed E-state index contributed by atoms with van der Waals surface area (Å²) in [6.45, 7) is 2.46. The van der Waals surface area contributed by atoms with Crippen molar-refractivity contribution < 1.29 is 4.79 Å². The average molecular weight is 322 g/mol. The van der Waals surface area contributed by atoms with Crippen LogP contribution in [0.25, 0.3) is 10.2 Å². The number of carbonyl (C=O) groups excluding carboxylic acids is 1. The van der Waals surface area contributed by atoms with E-state index in [4.69, 9.17) is 17.3 Å². The SMILES string of the molecule is CCn1ncc(N)c1C(=O)Nc1nc2ccc(Cl)cc2s1. The van der Waals surface area contributed by atoms with E-state index in [9.17, 15) is 4.79 Å². The molecule has 1 aromatic carbocycles. The lowest BCUT2D eigenvalue weighted by molar-refractivity contribution is 0.101. The third-order valence-electron chi connectivity index (χ3n) is 2.95. The van der Waals surface area contributed by atoms with Gasteiger partial charge in [0.2, 0.25) is 0 Å². The van der Waals surface area contributed by atoms with Crippen LogP contribution in [-0.4, -0.2) is 20.7 Å². The van der Waals surface area contributed by atoms with Crippen molar-refractivity contribution in [1.29, 1.82) is 0 Å². The number of hydrogen-bond donors (Lipinski definition) is 2. The number of rotatable bonds is 3. The van der Waals surface area contributed by atoms with Crippen molar-refractivity contribution in [2.75, 3.05) is 11.1 Å². The number of amides is 1. The van der Waals surface area contributed by atoms with Crippen LogP contribution >= 0.6 is 22.9 Å².